The van der Waals surface area contributed by atoms with Gasteiger partial charge in [0.1, 0.15) is 5.75 Å². The van der Waals surface area contributed by atoms with E-state index in [0.29, 0.717) is 12.4 Å². The molecule has 4 nitrogen and oxygen atoms in total. The molecule has 4 heteroatoms. The van der Waals surface area contributed by atoms with Crippen LogP contribution < -0.4 is 4.74 Å². The molecule has 0 aromatic heterocycles. The Labute approximate surface area is 82.1 Å². The molecule has 0 radical (unpaired) electrons. The average molecular weight is 196 g/mol. The molecule has 0 amide bonds. The van der Waals surface area contributed by atoms with Gasteiger partial charge in [-0.25, -0.2) is 4.79 Å². The third kappa shape index (κ3) is 3.06. The number of aromatic carboxylic acids is 1. The van der Waals surface area contributed by atoms with Crippen LogP contribution >= 0.6 is 0 Å². The molecule has 0 aliphatic heterocycles. The molecular weight excluding hydrogens is 184 g/mol. The topological polar surface area (TPSA) is 55.8 Å². The molecular formula is C10H12O4. The lowest BCUT2D eigenvalue weighted by molar-refractivity contribution is 0.0224. The summed E-state index contributed by atoms with van der Waals surface area (Å²) >= 11 is 0. The second kappa shape index (κ2) is 5.24. The predicted molar refractivity (Wildman–Crippen MR) is 50.5 cm³/mol. The number of carboxylic acids is 1. The molecule has 0 saturated carbocycles. The molecule has 0 heterocycles. The van der Waals surface area contributed by atoms with Crippen LogP contribution in [0.2, 0.25) is 0 Å². The quantitative estimate of drug-likeness (QED) is 0.575. The molecule has 0 unspecified atom stereocenters. The smallest absolute Gasteiger partial charge is 0.335 e. The van der Waals surface area contributed by atoms with Gasteiger partial charge in [0.25, 0.3) is 0 Å². The van der Waals surface area contributed by atoms with Crippen molar-refractivity contribution in [3.8, 4) is 5.75 Å². The number of carboxylic acid groups (broad SMARTS) is 1. The molecule has 1 aromatic rings. The largest absolute Gasteiger partial charge is 0.478 e. The average Bonchev–Trinajstić information content (AvgIpc) is 2.19. The SMILES string of the molecule is CCOCOc1ccc(C(=O)O)cc1. The first-order valence-electron chi connectivity index (χ1n) is 4.28. The maximum absolute atomic E-state index is 10.5. The first-order chi connectivity index (χ1) is 6.74. The molecule has 0 spiro atoms. The minimum absolute atomic E-state index is 0.183. The van der Waals surface area contributed by atoms with E-state index in [4.69, 9.17) is 14.6 Å². The van der Waals surface area contributed by atoms with Gasteiger partial charge >= 0.3 is 5.97 Å². The molecule has 0 atom stereocenters. The van der Waals surface area contributed by atoms with Crippen molar-refractivity contribution in [1.82, 2.24) is 0 Å². The van der Waals surface area contributed by atoms with Gasteiger partial charge < -0.3 is 14.6 Å². The maximum atomic E-state index is 10.5. The van der Waals surface area contributed by atoms with Crippen molar-refractivity contribution < 1.29 is 19.4 Å². The van der Waals surface area contributed by atoms with Gasteiger partial charge in [-0.3, -0.25) is 0 Å². The zero-order chi connectivity index (χ0) is 10.4. The van der Waals surface area contributed by atoms with Gasteiger partial charge in [0.05, 0.1) is 5.56 Å². The number of hydrogen-bond donors (Lipinski definition) is 1. The molecule has 0 bridgehead atoms. The Morgan fingerprint density at radius 3 is 2.50 bits per heavy atom. The fourth-order valence-electron chi connectivity index (χ4n) is 0.887. The molecule has 1 aromatic carbocycles. The summed E-state index contributed by atoms with van der Waals surface area (Å²) in [4.78, 5) is 10.5. The maximum Gasteiger partial charge on any atom is 0.335 e. The molecule has 1 N–H and O–H groups in total. The van der Waals surface area contributed by atoms with E-state index in [1.165, 1.54) is 12.1 Å². The summed E-state index contributed by atoms with van der Waals surface area (Å²) in [6, 6.07) is 6.18. The van der Waals surface area contributed by atoms with E-state index >= 15 is 0 Å². The van der Waals surface area contributed by atoms with E-state index in [2.05, 4.69) is 0 Å². The highest BCUT2D eigenvalue weighted by molar-refractivity contribution is 5.87. The van der Waals surface area contributed by atoms with Gasteiger partial charge in [0, 0.05) is 6.61 Å². The molecule has 76 valence electrons. The van der Waals surface area contributed by atoms with E-state index < -0.39 is 5.97 Å². The predicted octanol–water partition coefficient (Wildman–Crippen LogP) is 1.76. The fourth-order valence-corrected chi connectivity index (χ4v) is 0.887. The van der Waals surface area contributed by atoms with Crippen LogP contribution in [0.1, 0.15) is 17.3 Å². The lowest BCUT2D eigenvalue weighted by atomic mass is 10.2. The van der Waals surface area contributed by atoms with Gasteiger partial charge in [-0.05, 0) is 31.2 Å². The van der Waals surface area contributed by atoms with Crippen LogP contribution in [0.15, 0.2) is 24.3 Å². The Morgan fingerprint density at radius 1 is 1.36 bits per heavy atom. The Bertz CT molecular complexity index is 291. The highest BCUT2D eigenvalue weighted by atomic mass is 16.7. The summed E-state index contributed by atoms with van der Waals surface area (Å²) < 4.78 is 10.1. The molecule has 14 heavy (non-hydrogen) atoms. The lowest BCUT2D eigenvalue weighted by Crippen LogP contribution is -2.02. The third-order valence-corrected chi connectivity index (χ3v) is 1.61. The first kappa shape index (κ1) is 10.5. The van der Waals surface area contributed by atoms with Crippen LogP contribution in [-0.2, 0) is 4.74 Å². The van der Waals surface area contributed by atoms with Crippen molar-refractivity contribution >= 4 is 5.97 Å². The van der Waals surface area contributed by atoms with Crippen molar-refractivity contribution in [2.45, 2.75) is 6.92 Å². The summed E-state index contributed by atoms with van der Waals surface area (Å²) in [5.74, 6) is -0.343. The van der Waals surface area contributed by atoms with E-state index in [-0.39, 0.29) is 12.4 Å². The minimum atomic E-state index is -0.943. The summed E-state index contributed by atoms with van der Waals surface area (Å²) in [7, 11) is 0. The summed E-state index contributed by atoms with van der Waals surface area (Å²) in [6.07, 6.45) is 0. The highest BCUT2D eigenvalue weighted by Gasteiger charge is 2.01. The van der Waals surface area contributed by atoms with Gasteiger partial charge in [-0.2, -0.15) is 0 Å². The van der Waals surface area contributed by atoms with Gasteiger partial charge in [-0.15, -0.1) is 0 Å². The van der Waals surface area contributed by atoms with Crippen molar-refractivity contribution in [2.75, 3.05) is 13.4 Å². The molecule has 0 aliphatic carbocycles. The second-order valence-corrected chi connectivity index (χ2v) is 2.58. The minimum Gasteiger partial charge on any atom is -0.478 e. The van der Waals surface area contributed by atoms with E-state index in [0.717, 1.165) is 0 Å². The number of rotatable bonds is 5. The fraction of sp³-hybridized carbons (Fsp3) is 0.300. The zero-order valence-corrected chi connectivity index (χ0v) is 7.90. The van der Waals surface area contributed by atoms with Crippen LogP contribution in [-0.4, -0.2) is 24.5 Å². The zero-order valence-electron chi connectivity index (χ0n) is 7.90. The van der Waals surface area contributed by atoms with Crippen LogP contribution in [0.4, 0.5) is 0 Å². The van der Waals surface area contributed by atoms with Gasteiger partial charge in [0.15, 0.2) is 6.79 Å². The standard InChI is InChI=1S/C10H12O4/c1-2-13-7-14-9-5-3-8(4-6-9)10(11)12/h3-6H,2,7H2,1H3,(H,11,12). The van der Waals surface area contributed by atoms with Crippen LogP contribution in [0.25, 0.3) is 0 Å². The number of benzene rings is 1. The summed E-state index contributed by atoms with van der Waals surface area (Å²) in [6.45, 7) is 2.65. The Hall–Kier alpha value is -1.55. The molecule has 1 rings (SSSR count). The van der Waals surface area contributed by atoms with Gasteiger partial charge in [-0.1, -0.05) is 0 Å². The van der Waals surface area contributed by atoms with Crippen LogP contribution in [0.5, 0.6) is 5.75 Å². The highest BCUT2D eigenvalue weighted by Crippen LogP contribution is 2.11. The van der Waals surface area contributed by atoms with Gasteiger partial charge in [0.2, 0.25) is 0 Å². The monoisotopic (exact) mass is 196 g/mol. The van der Waals surface area contributed by atoms with E-state index in [1.807, 2.05) is 6.92 Å². The number of hydrogen-bond acceptors (Lipinski definition) is 3. The third-order valence-electron chi connectivity index (χ3n) is 1.61. The summed E-state index contributed by atoms with van der Waals surface area (Å²) in [5.41, 5.74) is 0.244. The van der Waals surface area contributed by atoms with Crippen LogP contribution in [0.3, 0.4) is 0 Å². The van der Waals surface area contributed by atoms with Crippen molar-refractivity contribution in [1.29, 1.82) is 0 Å². The lowest BCUT2D eigenvalue weighted by Gasteiger charge is -2.05. The van der Waals surface area contributed by atoms with E-state index in [9.17, 15) is 4.79 Å². The Morgan fingerprint density at radius 2 is 2.00 bits per heavy atom. The first-order valence-corrected chi connectivity index (χ1v) is 4.28. The van der Waals surface area contributed by atoms with Crippen LogP contribution in [0, 0.1) is 0 Å². The molecule has 0 fully saturated rings. The Balaban J connectivity index is 2.51. The number of ether oxygens (including phenoxy) is 2. The van der Waals surface area contributed by atoms with Crippen molar-refractivity contribution in [2.24, 2.45) is 0 Å². The second-order valence-electron chi connectivity index (χ2n) is 2.58. The summed E-state index contributed by atoms with van der Waals surface area (Å²) in [5, 5.41) is 8.62. The Kier molecular flexibility index (Phi) is 3.94. The molecule has 0 aliphatic rings. The van der Waals surface area contributed by atoms with Crippen molar-refractivity contribution in [3.05, 3.63) is 29.8 Å². The normalized spacial score (nSPS) is 9.79. The number of carbonyl (C=O) groups is 1. The van der Waals surface area contributed by atoms with E-state index in [1.54, 1.807) is 12.1 Å². The molecule has 0 saturated heterocycles. The van der Waals surface area contributed by atoms with Crippen molar-refractivity contribution in [3.63, 3.8) is 0 Å².